The third-order valence-corrected chi connectivity index (χ3v) is 3.30. The topological polar surface area (TPSA) is 76.1 Å². The Morgan fingerprint density at radius 2 is 2.09 bits per heavy atom. The van der Waals surface area contributed by atoms with Crippen LogP contribution in [0, 0.1) is 0 Å². The first-order valence-corrected chi connectivity index (χ1v) is 6.85. The molecule has 1 aromatic carbocycles. The van der Waals surface area contributed by atoms with Crippen molar-refractivity contribution in [1.29, 1.82) is 0 Å². The highest BCUT2D eigenvalue weighted by Gasteiger charge is 2.32. The van der Waals surface area contributed by atoms with Crippen LogP contribution in [0.2, 0.25) is 0 Å². The van der Waals surface area contributed by atoms with E-state index in [-0.39, 0.29) is 6.61 Å². The normalized spacial score (nSPS) is 12.9. The zero-order valence-corrected chi connectivity index (χ0v) is 13.0. The second-order valence-electron chi connectivity index (χ2n) is 4.74. The summed E-state index contributed by atoms with van der Waals surface area (Å²) in [6.07, 6.45) is 0.725. The number of carbonyl (C=O) groups excluding carboxylic acids is 1. The number of methoxy groups -OCH3 is 1. The van der Waals surface area contributed by atoms with Gasteiger partial charge in [0, 0.05) is 0 Å². The smallest absolute Gasteiger partial charge is 0.411 e. The van der Waals surface area contributed by atoms with E-state index in [0.717, 1.165) is 5.56 Å². The summed E-state index contributed by atoms with van der Waals surface area (Å²) in [5.41, 5.74) is 0.753. The lowest BCUT2D eigenvalue weighted by molar-refractivity contribution is -0.142. The Balaban J connectivity index is 3.10. The molecule has 0 saturated carbocycles. The van der Waals surface area contributed by atoms with E-state index in [0.29, 0.717) is 5.75 Å². The van der Waals surface area contributed by atoms with Crippen molar-refractivity contribution in [2.75, 3.05) is 13.7 Å². The van der Waals surface area contributed by atoms with Gasteiger partial charge in [-0.25, -0.2) is 9.59 Å². The third-order valence-electron chi connectivity index (χ3n) is 3.30. The fraction of sp³-hybridized carbons (Fsp3) is 0.375. The van der Waals surface area contributed by atoms with E-state index >= 15 is 0 Å². The molecule has 6 nitrogen and oxygen atoms in total. The number of benzene rings is 1. The first kappa shape index (κ1) is 17.6. The maximum atomic E-state index is 12.2. The average Bonchev–Trinajstić information content (AvgIpc) is 2.52. The summed E-state index contributed by atoms with van der Waals surface area (Å²) < 4.78 is 10.2. The molecule has 0 aliphatic heterocycles. The summed E-state index contributed by atoms with van der Waals surface area (Å²) in [5.74, 6) is -0.475. The molecule has 0 radical (unpaired) electrons. The number of aliphatic carboxylic acids is 1. The highest BCUT2D eigenvalue weighted by atomic mass is 16.6. The van der Waals surface area contributed by atoms with Gasteiger partial charge in [-0.1, -0.05) is 24.8 Å². The second kappa shape index (κ2) is 8.07. The molecule has 1 rings (SSSR count). The predicted molar refractivity (Wildman–Crippen MR) is 81.9 cm³/mol. The Kier molecular flexibility index (Phi) is 6.44. The van der Waals surface area contributed by atoms with Crippen molar-refractivity contribution in [2.45, 2.75) is 25.9 Å². The van der Waals surface area contributed by atoms with Gasteiger partial charge >= 0.3 is 12.1 Å². The molecule has 0 saturated heterocycles. The van der Waals surface area contributed by atoms with Gasteiger partial charge in [0.15, 0.2) is 0 Å². The molecule has 0 aliphatic rings. The second-order valence-corrected chi connectivity index (χ2v) is 4.74. The molecule has 0 heterocycles. The van der Waals surface area contributed by atoms with Gasteiger partial charge in [0.2, 0.25) is 0 Å². The molecule has 1 aromatic rings. The summed E-state index contributed by atoms with van der Waals surface area (Å²) in [6, 6.07) is 5.60. The summed E-state index contributed by atoms with van der Waals surface area (Å²) in [7, 11) is 1.54. The number of nitrogens with zero attached hydrogens (tertiary/aromatic N) is 1. The first-order valence-electron chi connectivity index (χ1n) is 6.85. The van der Waals surface area contributed by atoms with Crippen molar-refractivity contribution in [1.82, 2.24) is 4.90 Å². The minimum absolute atomic E-state index is 0.0203. The van der Waals surface area contributed by atoms with Crippen molar-refractivity contribution in [2.24, 2.45) is 0 Å². The van der Waals surface area contributed by atoms with Crippen LogP contribution in [-0.4, -0.2) is 41.8 Å². The van der Waals surface area contributed by atoms with Gasteiger partial charge in [-0.2, -0.15) is 0 Å². The van der Waals surface area contributed by atoms with Crippen LogP contribution in [0.15, 0.2) is 36.9 Å². The van der Waals surface area contributed by atoms with Gasteiger partial charge in [0.1, 0.15) is 18.4 Å². The molecule has 1 amide bonds. The van der Waals surface area contributed by atoms with E-state index in [2.05, 4.69) is 6.58 Å². The number of ether oxygens (including phenoxy) is 2. The number of rotatable bonds is 7. The van der Waals surface area contributed by atoms with Gasteiger partial charge < -0.3 is 14.6 Å². The number of carboxylic acids is 1. The lowest BCUT2D eigenvalue weighted by Crippen LogP contribution is -2.45. The summed E-state index contributed by atoms with van der Waals surface area (Å²) >= 11 is 0. The van der Waals surface area contributed by atoms with Crippen LogP contribution in [0.25, 0.3) is 0 Å². The number of amides is 1. The quantitative estimate of drug-likeness (QED) is 0.784. The number of carbonyl (C=O) groups is 2. The fourth-order valence-electron chi connectivity index (χ4n) is 2.04. The lowest BCUT2D eigenvalue weighted by atomic mass is 10.1. The molecule has 6 heteroatoms. The molecule has 2 unspecified atom stereocenters. The zero-order chi connectivity index (χ0) is 16.7. The van der Waals surface area contributed by atoms with Crippen molar-refractivity contribution in [3.05, 3.63) is 42.5 Å². The van der Waals surface area contributed by atoms with E-state index in [4.69, 9.17) is 9.47 Å². The number of carboxylic acid groups (broad SMARTS) is 1. The van der Waals surface area contributed by atoms with Gasteiger partial charge in [0.05, 0.1) is 13.2 Å². The Hall–Kier alpha value is -2.50. The molecule has 22 heavy (non-hydrogen) atoms. The average molecular weight is 307 g/mol. The summed E-state index contributed by atoms with van der Waals surface area (Å²) in [4.78, 5) is 24.6. The van der Waals surface area contributed by atoms with Crippen LogP contribution in [0.3, 0.4) is 0 Å². The largest absolute Gasteiger partial charge is 0.497 e. The lowest BCUT2D eigenvalue weighted by Gasteiger charge is -2.31. The molecule has 0 spiro atoms. The van der Waals surface area contributed by atoms with E-state index in [1.165, 1.54) is 17.9 Å². The van der Waals surface area contributed by atoms with Crippen LogP contribution in [0.4, 0.5) is 4.79 Å². The van der Waals surface area contributed by atoms with E-state index in [1.54, 1.807) is 38.3 Å². The van der Waals surface area contributed by atoms with Gasteiger partial charge in [-0.3, -0.25) is 4.90 Å². The molecule has 0 aromatic heterocycles. The van der Waals surface area contributed by atoms with Crippen molar-refractivity contribution >= 4 is 12.1 Å². The van der Waals surface area contributed by atoms with Crippen LogP contribution in [0.1, 0.15) is 25.5 Å². The molecular weight excluding hydrogens is 286 g/mol. The molecule has 1 N–H and O–H groups in total. The molecule has 2 atom stereocenters. The molecular formula is C16H21NO5. The SMILES string of the molecule is C=CCOC(=O)N(C(C)C(=O)O)C(C)c1cccc(OC)c1. The molecule has 0 bridgehead atoms. The third kappa shape index (κ3) is 4.25. The van der Waals surface area contributed by atoms with Gasteiger partial charge in [0.25, 0.3) is 0 Å². The predicted octanol–water partition coefficient (Wildman–Crippen LogP) is 2.85. The fourth-order valence-corrected chi connectivity index (χ4v) is 2.04. The number of hydrogen-bond acceptors (Lipinski definition) is 4. The Morgan fingerprint density at radius 3 is 2.64 bits per heavy atom. The maximum absolute atomic E-state index is 12.2. The summed E-state index contributed by atoms with van der Waals surface area (Å²) in [5, 5.41) is 9.23. The monoisotopic (exact) mass is 307 g/mol. The van der Waals surface area contributed by atoms with Crippen molar-refractivity contribution in [3.63, 3.8) is 0 Å². The Bertz CT molecular complexity index is 543. The van der Waals surface area contributed by atoms with Crippen molar-refractivity contribution in [3.8, 4) is 5.75 Å². The summed E-state index contributed by atoms with van der Waals surface area (Å²) in [6.45, 7) is 6.67. The van der Waals surface area contributed by atoms with E-state index in [1.807, 2.05) is 0 Å². The Labute approximate surface area is 129 Å². The number of hydrogen-bond donors (Lipinski definition) is 1. The van der Waals surface area contributed by atoms with Gasteiger partial charge in [-0.05, 0) is 31.5 Å². The van der Waals surface area contributed by atoms with Crippen LogP contribution in [0.5, 0.6) is 5.75 Å². The molecule has 120 valence electrons. The van der Waals surface area contributed by atoms with Crippen LogP contribution >= 0.6 is 0 Å². The highest BCUT2D eigenvalue weighted by molar-refractivity contribution is 5.80. The molecule has 0 aliphatic carbocycles. The minimum Gasteiger partial charge on any atom is -0.497 e. The standard InChI is InChI=1S/C16H21NO5/c1-5-9-22-16(20)17(12(3)15(18)19)11(2)13-7-6-8-14(10-13)21-4/h5-8,10-12H,1,9H2,2-4H3,(H,18,19). The molecule has 0 fully saturated rings. The highest BCUT2D eigenvalue weighted by Crippen LogP contribution is 2.26. The zero-order valence-electron chi connectivity index (χ0n) is 13.0. The van der Waals surface area contributed by atoms with E-state index in [9.17, 15) is 14.7 Å². The Morgan fingerprint density at radius 1 is 1.41 bits per heavy atom. The van der Waals surface area contributed by atoms with Crippen molar-refractivity contribution < 1.29 is 24.2 Å². The maximum Gasteiger partial charge on any atom is 0.411 e. The van der Waals surface area contributed by atoms with Crippen LogP contribution in [-0.2, 0) is 9.53 Å². The van der Waals surface area contributed by atoms with Crippen LogP contribution < -0.4 is 4.74 Å². The van der Waals surface area contributed by atoms with Gasteiger partial charge in [-0.15, -0.1) is 0 Å². The van der Waals surface area contributed by atoms with E-state index < -0.39 is 24.1 Å². The minimum atomic E-state index is -1.11. The first-order chi connectivity index (χ1) is 10.4.